The largest absolute Gasteiger partial charge is 0.361 e. The smallest absolute Gasteiger partial charge is 0.309 e. The van der Waals surface area contributed by atoms with Gasteiger partial charge in [0.2, 0.25) is 0 Å². The Morgan fingerprint density at radius 1 is 1.05 bits per heavy atom. The van der Waals surface area contributed by atoms with Crippen LogP contribution in [0.2, 0.25) is 0 Å². The minimum atomic E-state index is -0.972. The fraction of sp³-hybridized carbons (Fsp3) is 0.176. The van der Waals surface area contributed by atoms with E-state index in [1.165, 1.54) is 5.56 Å². The molecule has 4 heteroatoms. The van der Waals surface area contributed by atoms with Gasteiger partial charge in [0.1, 0.15) is 0 Å². The summed E-state index contributed by atoms with van der Waals surface area (Å²) < 4.78 is 0. The van der Waals surface area contributed by atoms with Crippen molar-refractivity contribution < 1.29 is 9.59 Å². The minimum absolute atomic E-state index is 0.283. The molecule has 2 rings (SSSR count). The Morgan fingerprint density at radius 2 is 1.67 bits per heavy atom. The second-order valence-electron chi connectivity index (χ2n) is 4.99. The highest BCUT2D eigenvalue weighted by atomic mass is 16.2. The van der Waals surface area contributed by atoms with E-state index in [0.717, 1.165) is 11.1 Å². The first-order chi connectivity index (χ1) is 10.1. The standard InChI is InChI=1S/C17H18N2O2/c1-12-7-9-13(10-8-12)11-15(19-17(21)16(18)20)14-5-3-2-4-6-14/h2-10,15H,11H2,1H3,(H2,18,20)(H,19,21)/t15-/m0/s1. The molecule has 0 spiro atoms. The topological polar surface area (TPSA) is 72.2 Å². The summed E-state index contributed by atoms with van der Waals surface area (Å²) in [5, 5.41) is 2.68. The highest BCUT2D eigenvalue weighted by Crippen LogP contribution is 2.18. The van der Waals surface area contributed by atoms with Crippen molar-refractivity contribution >= 4 is 11.8 Å². The molecular weight excluding hydrogens is 264 g/mol. The third kappa shape index (κ3) is 4.18. The highest BCUT2D eigenvalue weighted by Gasteiger charge is 2.18. The van der Waals surface area contributed by atoms with Crippen LogP contribution in [-0.2, 0) is 16.0 Å². The molecule has 2 aromatic rings. The number of benzene rings is 2. The van der Waals surface area contributed by atoms with E-state index >= 15 is 0 Å². The molecular formula is C17H18N2O2. The lowest BCUT2D eigenvalue weighted by molar-refractivity contribution is -0.137. The van der Waals surface area contributed by atoms with Gasteiger partial charge in [0.25, 0.3) is 0 Å². The summed E-state index contributed by atoms with van der Waals surface area (Å²) in [6, 6.07) is 17.3. The maximum atomic E-state index is 11.6. The maximum Gasteiger partial charge on any atom is 0.309 e. The number of rotatable bonds is 4. The van der Waals surface area contributed by atoms with Gasteiger partial charge in [-0.3, -0.25) is 9.59 Å². The zero-order valence-corrected chi connectivity index (χ0v) is 11.9. The summed E-state index contributed by atoms with van der Waals surface area (Å²) in [5.41, 5.74) is 8.22. The SMILES string of the molecule is Cc1ccc(C[C@H](NC(=O)C(N)=O)c2ccccc2)cc1. The van der Waals surface area contributed by atoms with E-state index in [4.69, 9.17) is 5.73 Å². The lowest BCUT2D eigenvalue weighted by atomic mass is 9.98. The first-order valence-electron chi connectivity index (χ1n) is 6.77. The molecule has 0 aliphatic heterocycles. The van der Waals surface area contributed by atoms with Crippen LogP contribution in [0.4, 0.5) is 0 Å². The molecule has 0 saturated heterocycles. The van der Waals surface area contributed by atoms with E-state index in [1.54, 1.807) is 0 Å². The molecule has 21 heavy (non-hydrogen) atoms. The fourth-order valence-corrected chi connectivity index (χ4v) is 2.13. The lowest BCUT2D eigenvalue weighted by Crippen LogP contribution is -2.39. The Bertz CT molecular complexity index is 621. The molecule has 108 valence electrons. The van der Waals surface area contributed by atoms with Gasteiger partial charge >= 0.3 is 11.8 Å². The number of aryl methyl sites for hydroxylation is 1. The van der Waals surface area contributed by atoms with Gasteiger partial charge in [-0.2, -0.15) is 0 Å². The molecule has 0 aromatic heterocycles. The number of primary amides is 1. The second kappa shape index (κ2) is 6.70. The van der Waals surface area contributed by atoms with Crippen molar-refractivity contribution in [3.8, 4) is 0 Å². The van der Waals surface area contributed by atoms with Gasteiger partial charge < -0.3 is 11.1 Å². The molecule has 0 heterocycles. The van der Waals surface area contributed by atoms with E-state index in [2.05, 4.69) is 5.32 Å². The zero-order valence-electron chi connectivity index (χ0n) is 11.9. The van der Waals surface area contributed by atoms with E-state index in [9.17, 15) is 9.59 Å². The number of carbonyl (C=O) groups excluding carboxylic acids is 2. The predicted octanol–water partition coefficient (Wildman–Crippen LogP) is 1.88. The van der Waals surface area contributed by atoms with Crippen LogP contribution in [0.1, 0.15) is 22.7 Å². The van der Waals surface area contributed by atoms with Gasteiger partial charge in [0.05, 0.1) is 6.04 Å². The van der Waals surface area contributed by atoms with Gasteiger partial charge in [0.15, 0.2) is 0 Å². The minimum Gasteiger partial charge on any atom is -0.361 e. The molecule has 0 fully saturated rings. The average Bonchev–Trinajstić information content (AvgIpc) is 2.49. The van der Waals surface area contributed by atoms with Crippen LogP contribution in [-0.4, -0.2) is 11.8 Å². The van der Waals surface area contributed by atoms with Crippen molar-refractivity contribution in [1.82, 2.24) is 5.32 Å². The van der Waals surface area contributed by atoms with Gasteiger partial charge in [-0.25, -0.2) is 0 Å². The lowest BCUT2D eigenvalue weighted by Gasteiger charge is -2.18. The molecule has 0 unspecified atom stereocenters. The summed E-state index contributed by atoms with van der Waals surface area (Å²) in [5.74, 6) is -1.74. The van der Waals surface area contributed by atoms with E-state index in [0.29, 0.717) is 6.42 Å². The van der Waals surface area contributed by atoms with Gasteiger partial charge in [0, 0.05) is 0 Å². The number of nitrogens with one attached hydrogen (secondary N) is 1. The molecule has 2 amide bonds. The van der Waals surface area contributed by atoms with E-state index in [1.807, 2.05) is 61.5 Å². The number of amides is 2. The van der Waals surface area contributed by atoms with Gasteiger partial charge in [-0.1, -0.05) is 60.2 Å². The Balaban J connectivity index is 2.21. The van der Waals surface area contributed by atoms with Crippen LogP contribution < -0.4 is 11.1 Å². The van der Waals surface area contributed by atoms with Crippen LogP contribution in [0.25, 0.3) is 0 Å². The first-order valence-corrected chi connectivity index (χ1v) is 6.77. The maximum absolute atomic E-state index is 11.6. The molecule has 4 nitrogen and oxygen atoms in total. The number of carbonyl (C=O) groups is 2. The van der Waals surface area contributed by atoms with Gasteiger partial charge in [-0.15, -0.1) is 0 Å². The summed E-state index contributed by atoms with van der Waals surface area (Å²) in [6.07, 6.45) is 0.601. The predicted molar refractivity (Wildman–Crippen MR) is 81.4 cm³/mol. The Labute approximate surface area is 124 Å². The molecule has 3 N–H and O–H groups in total. The van der Waals surface area contributed by atoms with Crippen LogP contribution in [0, 0.1) is 6.92 Å². The number of hydrogen-bond acceptors (Lipinski definition) is 2. The monoisotopic (exact) mass is 282 g/mol. The molecule has 0 radical (unpaired) electrons. The Kier molecular flexibility index (Phi) is 4.72. The molecule has 0 aliphatic carbocycles. The summed E-state index contributed by atoms with van der Waals surface area (Å²) in [4.78, 5) is 22.6. The van der Waals surface area contributed by atoms with Crippen molar-refractivity contribution in [3.05, 3.63) is 71.3 Å². The molecule has 0 aliphatic rings. The van der Waals surface area contributed by atoms with Crippen molar-refractivity contribution in [3.63, 3.8) is 0 Å². The third-order valence-corrected chi connectivity index (χ3v) is 3.29. The normalized spacial score (nSPS) is 11.7. The molecule has 0 bridgehead atoms. The second-order valence-corrected chi connectivity index (χ2v) is 4.99. The number of nitrogens with two attached hydrogens (primary N) is 1. The molecule has 0 saturated carbocycles. The Hall–Kier alpha value is -2.62. The fourth-order valence-electron chi connectivity index (χ4n) is 2.13. The molecule has 1 atom stereocenters. The van der Waals surface area contributed by atoms with Crippen molar-refractivity contribution in [1.29, 1.82) is 0 Å². The van der Waals surface area contributed by atoms with Crippen LogP contribution in [0.3, 0.4) is 0 Å². The molecule has 2 aromatic carbocycles. The quantitative estimate of drug-likeness (QED) is 0.840. The third-order valence-electron chi connectivity index (χ3n) is 3.29. The number of hydrogen-bond donors (Lipinski definition) is 2. The van der Waals surface area contributed by atoms with Crippen LogP contribution >= 0.6 is 0 Å². The van der Waals surface area contributed by atoms with Crippen LogP contribution in [0.15, 0.2) is 54.6 Å². The van der Waals surface area contributed by atoms with E-state index < -0.39 is 11.8 Å². The highest BCUT2D eigenvalue weighted by molar-refractivity contribution is 6.34. The van der Waals surface area contributed by atoms with Crippen molar-refractivity contribution in [2.45, 2.75) is 19.4 Å². The zero-order chi connectivity index (χ0) is 15.2. The summed E-state index contributed by atoms with van der Waals surface area (Å²) in [6.45, 7) is 2.02. The summed E-state index contributed by atoms with van der Waals surface area (Å²) >= 11 is 0. The van der Waals surface area contributed by atoms with Gasteiger partial charge in [-0.05, 0) is 24.5 Å². The average molecular weight is 282 g/mol. The van der Waals surface area contributed by atoms with Crippen molar-refractivity contribution in [2.75, 3.05) is 0 Å². The Morgan fingerprint density at radius 3 is 2.24 bits per heavy atom. The first kappa shape index (κ1) is 14.8. The van der Waals surface area contributed by atoms with E-state index in [-0.39, 0.29) is 6.04 Å². The summed E-state index contributed by atoms with van der Waals surface area (Å²) in [7, 11) is 0. The van der Waals surface area contributed by atoms with Crippen molar-refractivity contribution in [2.24, 2.45) is 5.73 Å². The van der Waals surface area contributed by atoms with Crippen LogP contribution in [0.5, 0.6) is 0 Å².